The predicted molar refractivity (Wildman–Crippen MR) is 222 cm³/mol. The summed E-state index contributed by atoms with van der Waals surface area (Å²) in [5, 5.41) is 2.46. The number of alkyl halides is 1. The Hall–Kier alpha value is -6.29. The fraction of sp³-hybridized carbons (Fsp3) is 0.0800. The van der Waals surface area contributed by atoms with Gasteiger partial charge in [-0.3, -0.25) is 9.97 Å². The minimum atomic E-state index is 0.0600. The molecule has 2 aliphatic carbocycles. The maximum absolute atomic E-state index is 6.48. The standard InChI is InChI=1S/C50H34ClN3/c51-25-28-54-45-23-21-31(33-15-9-17-37-35-11-1-3-13-39(35)49(47(33)37)43-19-5-7-26-52-43)29-41(45)42-30-32(22-24-46(42)54)34-16-10-18-38-36-12-2-4-14-40(36)50(48(34)38)44-20-6-8-27-53-44/h1-24,26-27,29-30,49-50H,25,28H2. The highest BCUT2D eigenvalue weighted by molar-refractivity contribution is 6.18. The molecule has 0 N–H and O–H groups in total. The molecule has 54 heavy (non-hydrogen) atoms. The molecule has 3 aromatic heterocycles. The van der Waals surface area contributed by atoms with E-state index in [0.29, 0.717) is 5.88 Å². The molecule has 0 saturated carbocycles. The van der Waals surface area contributed by atoms with Gasteiger partial charge in [-0.05, 0) is 115 Å². The number of halogens is 1. The van der Waals surface area contributed by atoms with Crippen LogP contribution < -0.4 is 0 Å². The lowest BCUT2D eigenvalue weighted by Crippen LogP contribution is -2.03. The van der Waals surface area contributed by atoms with Crippen LogP contribution in [0.3, 0.4) is 0 Å². The lowest BCUT2D eigenvalue weighted by molar-refractivity contribution is 0.834. The number of hydrogen-bond donors (Lipinski definition) is 0. The lowest BCUT2D eigenvalue weighted by Gasteiger charge is -2.18. The van der Waals surface area contributed by atoms with Crippen molar-refractivity contribution < 1.29 is 0 Å². The molecule has 2 aliphatic rings. The van der Waals surface area contributed by atoms with E-state index in [1.807, 2.05) is 24.5 Å². The lowest BCUT2D eigenvalue weighted by atomic mass is 9.86. The van der Waals surface area contributed by atoms with Gasteiger partial charge in [0, 0.05) is 46.6 Å². The molecular formula is C50H34ClN3. The van der Waals surface area contributed by atoms with Crippen molar-refractivity contribution >= 4 is 33.4 Å². The molecule has 2 unspecified atom stereocenters. The van der Waals surface area contributed by atoms with E-state index in [1.54, 1.807) is 0 Å². The van der Waals surface area contributed by atoms with Gasteiger partial charge in [0.2, 0.25) is 0 Å². The maximum Gasteiger partial charge on any atom is 0.0531 e. The molecule has 0 bridgehead atoms. The van der Waals surface area contributed by atoms with Crippen molar-refractivity contribution in [1.82, 2.24) is 14.5 Å². The topological polar surface area (TPSA) is 30.7 Å². The number of benzene rings is 6. The van der Waals surface area contributed by atoms with Crippen molar-refractivity contribution in [2.75, 3.05) is 5.88 Å². The number of aromatic nitrogens is 3. The molecule has 0 amide bonds. The molecule has 0 spiro atoms. The van der Waals surface area contributed by atoms with Crippen LogP contribution in [0.15, 0.2) is 170 Å². The van der Waals surface area contributed by atoms with E-state index < -0.39 is 0 Å². The van der Waals surface area contributed by atoms with Crippen molar-refractivity contribution in [3.8, 4) is 44.5 Å². The first-order chi connectivity index (χ1) is 26.8. The summed E-state index contributed by atoms with van der Waals surface area (Å²) in [5.74, 6) is 0.657. The highest BCUT2D eigenvalue weighted by atomic mass is 35.5. The Morgan fingerprint density at radius 3 is 1.35 bits per heavy atom. The monoisotopic (exact) mass is 711 g/mol. The van der Waals surface area contributed by atoms with Crippen molar-refractivity contribution in [2.24, 2.45) is 0 Å². The van der Waals surface area contributed by atoms with E-state index in [-0.39, 0.29) is 11.8 Å². The molecule has 3 nitrogen and oxygen atoms in total. The van der Waals surface area contributed by atoms with Crippen LogP contribution in [0, 0.1) is 0 Å². The van der Waals surface area contributed by atoms with Gasteiger partial charge < -0.3 is 4.57 Å². The zero-order valence-electron chi connectivity index (χ0n) is 29.5. The predicted octanol–water partition coefficient (Wildman–Crippen LogP) is 12.5. The molecule has 6 aromatic carbocycles. The van der Waals surface area contributed by atoms with Gasteiger partial charge in [0.1, 0.15) is 0 Å². The highest BCUT2D eigenvalue weighted by Crippen LogP contribution is 2.53. The normalized spacial score (nSPS) is 15.3. The molecule has 3 heterocycles. The van der Waals surface area contributed by atoms with Crippen molar-refractivity contribution in [3.63, 3.8) is 0 Å². The van der Waals surface area contributed by atoms with E-state index in [1.165, 1.54) is 88.6 Å². The molecule has 0 aliphatic heterocycles. The van der Waals surface area contributed by atoms with Crippen LogP contribution >= 0.6 is 11.6 Å². The summed E-state index contributed by atoms with van der Waals surface area (Å²) in [6.45, 7) is 0.732. The SMILES string of the molecule is ClCCn1c2ccc(-c3cccc4c3C(c3ccccn3)c3ccccc3-4)cc2c2cc(-c3cccc4c3C(c3ccccn3)c3ccccc3-4)ccc21. The summed E-state index contributed by atoms with van der Waals surface area (Å²) in [6, 6.07) is 57.6. The molecule has 256 valence electrons. The zero-order chi connectivity index (χ0) is 35.8. The molecule has 0 fully saturated rings. The largest absolute Gasteiger partial charge is 0.339 e. The van der Waals surface area contributed by atoms with Crippen LogP contribution in [0.25, 0.3) is 66.3 Å². The molecule has 4 heteroatoms. The van der Waals surface area contributed by atoms with E-state index in [2.05, 4.69) is 150 Å². The third-order valence-electron chi connectivity index (χ3n) is 11.7. The summed E-state index contributed by atoms with van der Waals surface area (Å²) in [6.07, 6.45) is 3.82. The molecule has 0 saturated heterocycles. The second kappa shape index (κ2) is 12.4. The summed E-state index contributed by atoms with van der Waals surface area (Å²) in [4.78, 5) is 9.78. The number of hydrogen-bond acceptors (Lipinski definition) is 2. The van der Waals surface area contributed by atoms with Crippen LogP contribution in [0.4, 0.5) is 0 Å². The minimum Gasteiger partial charge on any atom is -0.339 e. The first-order valence-corrected chi connectivity index (χ1v) is 19.2. The van der Waals surface area contributed by atoms with Gasteiger partial charge in [-0.1, -0.05) is 109 Å². The van der Waals surface area contributed by atoms with Gasteiger partial charge in [-0.25, -0.2) is 0 Å². The molecule has 9 aromatic rings. The van der Waals surface area contributed by atoms with Gasteiger partial charge in [0.15, 0.2) is 0 Å². The zero-order valence-corrected chi connectivity index (χ0v) is 30.2. The number of aryl methyl sites for hydroxylation is 1. The third kappa shape index (κ3) is 4.61. The average Bonchev–Trinajstić information content (AvgIpc) is 3.87. The Kier molecular flexibility index (Phi) is 7.18. The van der Waals surface area contributed by atoms with E-state index in [4.69, 9.17) is 21.6 Å². The second-order valence-electron chi connectivity index (χ2n) is 14.4. The second-order valence-corrected chi connectivity index (χ2v) is 14.8. The Morgan fingerprint density at radius 2 is 0.889 bits per heavy atom. The number of pyridine rings is 2. The summed E-state index contributed by atoms with van der Waals surface area (Å²) < 4.78 is 2.38. The highest BCUT2D eigenvalue weighted by Gasteiger charge is 2.34. The number of rotatable bonds is 6. The van der Waals surface area contributed by atoms with Crippen LogP contribution in [0.5, 0.6) is 0 Å². The van der Waals surface area contributed by atoms with Gasteiger partial charge in [-0.15, -0.1) is 11.6 Å². The Bertz CT molecular complexity index is 2710. The number of nitrogens with zero attached hydrogens (tertiary/aromatic N) is 3. The van der Waals surface area contributed by atoms with Crippen molar-refractivity contribution in [1.29, 1.82) is 0 Å². The van der Waals surface area contributed by atoms with Crippen LogP contribution in [0.1, 0.15) is 45.5 Å². The van der Waals surface area contributed by atoms with E-state index >= 15 is 0 Å². The molecule has 0 radical (unpaired) electrons. The third-order valence-corrected chi connectivity index (χ3v) is 11.8. The molecular weight excluding hydrogens is 678 g/mol. The smallest absolute Gasteiger partial charge is 0.0531 e. The van der Waals surface area contributed by atoms with Gasteiger partial charge >= 0.3 is 0 Å². The maximum atomic E-state index is 6.48. The van der Waals surface area contributed by atoms with Gasteiger partial charge in [-0.2, -0.15) is 0 Å². The molecule has 2 atom stereocenters. The number of fused-ring (bicyclic) bond motifs is 9. The first-order valence-electron chi connectivity index (χ1n) is 18.7. The van der Waals surface area contributed by atoms with Gasteiger partial charge in [0.25, 0.3) is 0 Å². The Morgan fingerprint density at radius 1 is 0.444 bits per heavy atom. The van der Waals surface area contributed by atoms with Crippen LogP contribution in [0.2, 0.25) is 0 Å². The van der Waals surface area contributed by atoms with Crippen LogP contribution in [-0.4, -0.2) is 20.4 Å². The Labute approximate surface area is 319 Å². The first kappa shape index (κ1) is 31.3. The summed E-state index contributed by atoms with van der Waals surface area (Å²) >= 11 is 6.48. The van der Waals surface area contributed by atoms with E-state index in [9.17, 15) is 0 Å². The van der Waals surface area contributed by atoms with Crippen LogP contribution in [-0.2, 0) is 6.54 Å². The summed E-state index contributed by atoms with van der Waals surface area (Å²) in [5.41, 5.74) is 19.8. The van der Waals surface area contributed by atoms with E-state index in [0.717, 1.165) is 17.9 Å². The van der Waals surface area contributed by atoms with Gasteiger partial charge in [0.05, 0.1) is 23.2 Å². The fourth-order valence-corrected chi connectivity index (χ4v) is 9.67. The average molecular weight is 712 g/mol. The minimum absolute atomic E-state index is 0.0600. The van der Waals surface area contributed by atoms with Crippen molar-refractivity contribution in [2.45, 2.75) is 18.4 Å². The van der Waals surface area contributed by atoms with Crippen molar-refractivity contribution in [3.05, 3.63) is 204 Å². The summed E-state index contributed by atoms with van der Waals surface area (Å²) in [7, 11) is 0. The quantitative estimate of drug-likeness (QED) is 0.161. The fourth-order valence-electron chi connectivity index (χ4n) is 9.50. The Balaban J connectivity index is 1.12. The molecule has 11 rings (SSSR count).